The molecule has 0 spiro atoms. The van der Waals surface area contributed by atoms with E-state index in [2.05, 4.69) is 15.2 Å². The molecule has 2 aliphatic heterocycles. The molecule has 3 amide bonds. The maximum Gasteiger partial charge on any atom is 0.354 e. The van der Waals surface area contributed by atoms with Crippen LogP contribution in [0.5, 0.6) is 0 Å². The Morgan fingerprint density at radius 1 is 1.06 bits per heavy atom. The van der Waals surface area contributed by atoms with Gasteiger partial charge in [0.2, 0.25) is 5.91 Å². The molecule has 36 heavy (non-hydrogen) atoms. The Morgan fingerprint density at radius 3 is 2.31 bits per heavy atom. The summed E-state index contributed by atoms with van der Waals surface area (Å²) in [5.41, 5.74) is 12.1. The van der Waals surface area contributed by atoms with Gasteiger partial charge >= 0.3 is 11.7 Å². The maximum absolute atomic E-state index is 12.7. The summed E-state index contributed by atoms with van der Waals surface area (Å²) in [5.74, 6) is 0.616. The zero-order valence-corrected chi connectivity index (χ0v) is 21.0. The summed E-state index contributed by atoms with van der Waals surface area (Å²) >= 11 is 0. The molecule has 1 aromatic heterocycles. The lowest BCUT2D eigenvalue weighted by Gasteiger charge is -2.37. The van der Waals surface area contributed by atoms with Gasteiger partial charge in [0, 0.05) is 45.5 Å². The third-order valence-corrected chi connectivity index (χ3v) is 6.77. The highest BCUT2D eigenvalue weighted by atomic mass is 16.2. The fourth-order valence-electron chi connectivity index (χ4n) is 4.65. The smallest absolute Gasteiger partial charge is 0.338 e. The fourth-order valence-corrected chi connectivity index (χ4v) is 4.65. The fraction of sp³-hybridized carbons (Fsp3) is 0.520. The first-order valence-electron chi connectivity index (χ1n) is 12.4. The topological polar surface area (TPSA) is 143 Å². The Labute approximate surface area is 211 Å². The Hall–Kier alpha value is -3.28. The van der Waals surface area contributed by atoms with Crippen LogP contribution >= 0.6 is 0 Å². The number of piperazine rings is 1. The molecule has 1 aromatic carbocycles. The molecule has 0 unspecified atom stereocenters. The number of rotatable bonds is 6. The van der Waals surface area contributed by atoms with Gasteiger partial charge in [-0.1, -0.05) is 12.1 Å². The van der Waals surface area contributed by atoms with Gasteiger partial charge in [-0.05, 0) is 63.0 Å². The molecule has 0 saturated carbocycles. The molecule has 11 heteroatoms. The van der Waals surface area contributed by atoms with E-state index in [9.17, 15) is 14.4 Å². The summed E-state index contributed by atoms with van der Waals surface area (Å²) in [6, 6.07) is 9.07. The van der Waals surface area contributed by atoms with E-state index in [0.717, 1.165) is 32.6 Å². The van der Waals surface area contributed by atoms with E-state index in [-0.39, 0.29) is 17.8 Å². The normalized spacial score (nSPS) is 18.9. The first kappa shape index (κ1) is 25.8. The predicted octanol–water partition coefficient (Wildman–Crippen LogP) is 0.427. The van der Waals surface area contributed by atoms with Crippen LogP contribution in [0.15, 0.2) is 41.3 Å². The lowest BCUT2D eigenvalue weighted by atomic mass is 10.1. The van der Waals surface area contributed by atoms with Crippen LogP contribution in [0.4, 0.5) is 10.6 Å². The van der Waals surface area contributed by atoms with E-state index < -0.39 is 11.2 Å². The largest absolute Gasteiger partial charge is 0.354 e. The quantitative estimate of drug-likeness (QED) is 0.526. The average Bonchev–Trinajstić information content (AvgIpc) is 3.31. The van der Waals surface area contributed by atoms with Crippen LogP contribution < -0.4 is 22.5 Å². The monoisotopic (exact) mass is 496 g/mol. The van der Waals surface area contributed by atoms with Gasteiger partial charge in [0.25, 0.3) is 0 Å². The summed E-state index contributed by atoms with van der Waals surface area (Å²) in [4.78, 5) is 47.3. The van der Waals surface area contributed by atoms with E-state index in [1.54, 1.807) is 35.9 Å². The van der Waals surface area contributed by atoms with Gasteiger partial charge < -0.3 is 21.3 Å². The van der Waals surface area contributed by atoms with Crippen molar-refractivity contribution in [1.82, 2.24) is 24.3 Å². The Balaban J connectivity index is 1.32. The minimum atomic E-state index is -0.944. The molecule has 2 aromatic rings. The lowest BCUT2D eigenvalue weighted by molar-refractivity contribution is -0.137. The number of hydrogen-bond acceptors (Lipinski definition) is 7. The Bertz CT molecular complexity index is 1130. The number of nitrogens with two attached hydrogens (primary N) is 2. The molecule has 11 nitrogen and oxygen atoms in total. The van der Waals surface area contributed by atoms with Crippen molar-refractivity contribution >= 4 is 17.8 Å². The Kier molecular flexibility index (Phi) is 7.72. The van der Waals surface area contributed by atoms with Crippen molar-refractivity contribution < 1.29 is 9.59 Å². The molecule has 194 valence electrons. The Morgan fingerprint density at radius 2 is 1.72 bits per heavy atom. The van der Waals surface area contributed by atoms with Crippen molar-refractivity contribution in [3.8, 4) is 5.69 Å². The molecule has 4 rings (SSSR count). The van der Waals surface area contributed by atoms with Crippen LogP contribution in [0.1, 0.15) is 25.8 Å². The van der Waals surface area contributed by atoms with Crippen LogP contribution in [0.2, 0.25) is 0 Å². The van der Waals surface area contributed by atoms with Crippen molar-refractivity contribution in [2.24, 2.45) is 17.4 Å². The van der Waals surface area contributed by atoms with Gasteiger partial charge in [-0.25, -0.2) is 9.59 Å². The van der Waals surface area contributed by atoms with E-state index in [1.165, 1.54) is 10.1 Å². The van der Waals surface area contributed by atoms with Gasteiger partial charge in [-0.2, -0.15) is 4.98 Å². The number of nitrogens with one attached hydrogen (secondary N) is 1. The molecule has 2 fully saturated rings. The second-order valence-corrected chi connectivity index (χ2v) is 10.2. The van der Waals surface area contributed by atoms with Gasteiger partial charge in [-0.15, -0.1) is 0 Å². The van der Waals surface area contributed by atoms with Gasteiger partial charge in [0.05, 0.1) is 11.2 Å². The van der Waals surface area contributed by atoms with E-state index in [1.807, 2.05) is 24.3 Å². The highest BCUT2D eigenvalue weighted by molar-refractivity contribution is 5.89. The number of urea groups is 1. The maximum atomic E-state index is 12.7. The summed E-state index contributed by atoms with van der Waals surface area (Å²) in [6.45, 7) is 8.57. The second kappa shape index (κ2) is 10.8. The highest BCUT2D eigenvalue weighted by Gasteiger charge is 2.31. The van der Waals surface area contributed by atoms with Crippen molar-refractivity contribution in [2.75, 3.05) is 51.1 Å². The van der Waals surface area contributed by atoms with Crippen molar-refractivity contribution in [3.05, 3.63) is 52.6 Å². The number of carbonyl (C=O) groups excluding carboxylic acids is 2. The molecule has 5 N–H and O–H groups in total. The molecule has 2 saturated heterocycles. The molecule has 0 aliphatic carbocycles. The summed E-state index contributed by atoms with van der Waals surface area (Å²) in [6.07, 6.45) is 2.74. The number of anilines is 1. The van der Waals surface area contributed by atoms with Crippen molar-refractivity contribution in [2.45, 2.75) is 32.4 Å². The van der Waals surface area contributed by atoms with Crippen molar-refractivity contribution in [1.29, 1.82) is 0 Å². The van der Waals surface area contributed by atoms with E-state index in [4.69, 9.17) is 11.5 Å². The third-order valence-electron chi connectivity index (χ3n) is 6.77. The summed E-state index contributed by atoms with van der Waals surface area (Å²) in [7, 11) is 0. The van der Waals surface area contributed by atoms with Gasteiger partial charge in [0.15, 0.2) is 0 Å². The third kappa shape index (κ3) is 6.10. The molecule has 3 heterocycles. The number of hydrogen-bond donors (Lipinski definition) is 3. The van der Waals surface area contributed by atoms with Gasteiger partial charge in [-0.3, -0.25) is 19.6 Å². The minimum absolute atomic E-state index is 0.142. The predicted molar refractivity (Wildman–Crippen MR) is 138 cm³/mol. The van der Waals surface area contributed by atoms with Crippen LogP contribution in [-0.2, 0) is 11.3 Å². The van der Waals surface area contributed by atoms with Gasteiger partial charge in [0.1, 0.15) is 5.82 Å². The van der Waals surface area contributed by atoms with Crippen molar-refractivity contribution in [3.63, 3.8) is 0 Å². The number of amides is 3. The number of aromatic nitrogens is 2. The van der Waals surface area contributed by atoms with E-state index in [0.29, 0.717) is 37.8 Å². The SMILES string of the molecule is CC(C)(N)C(=O)N1CCN(C(=O)Nc2ccn(-c3ccc(CN4CC[C@@H](CN)C4)cc3)c(=O)n2)CC1. The number of carbonyl (C=O) groups is 2. The van der Waals surface area contributed by atoms with E-state index >= 15 is 0 Å². The van der Waals surface area contributed by atoms with Crippen LogP contribution in [0.3, 0.4) is 0 Å². The molecule has 0 radical (unpaired) electrons. The molecule has 2 aliphatic rings. The summed E-state index contributed by atoms with van der Waals surface area (Å²) in [5, 5.41) is 2.68. The standard InChI is InChI=1S/C25H36N8O3/c1-25(2,27)22(34)31-11-13-32(14-12-31)23(35)28-21-8-10-33(24(36)29-21)20-5-3-18(4-6-20)16-30-9-7-19(15-26)17-30/h3-6,8,10,19H,7,9,11-17,26-27H2,1-2H3,(H,28,29,35,36)/t19-/m0/s1. The summed E-state index contributed by atoms with van der Waals surface area (Å²) < 4.78 is 1.44. The first-order valence-corrected chi connectivity index (χ1v) is 12.4. The molecule has 1 atom stereocenters. The number of benzene rings is 1. The molecular weight excluding hydrogens is 460 g/mol. The van der Waals surface area contributed by atoms with Crippen LogP contribution in [0, 0.1) is 5.92 Å². The minimum Gasteiger partial charge on any atom is -0.338 e. The highest BCUT2D eigenvalue weighted by Crippen LogP contribution is 2.18. The zero-order valence-electron chi connectivity index (χ0n) is 21.0. The molecular formula is C25H36N8O3. The lowest BCUT2D eigenvalue weighted by Crippen LogP contribution is -2.58. The molecule has 0 bridgehead atoms. The second-order valence-electron chi connectivity index (χ2n) is 10.2. The zero-order chi connectivity index (χ0) is 25.9. The average molecular weight is 497 g/mol. The number of likely N-dealkylation sites (tertiary alicyclic amines) is 1. The van der Waals surface area contributed by atoms with Crippen LogP contribution in [0.25, 0.3) is 5.69 Å². The van der Waals surface area contributed by atoms with Crippen LogP contribution in [-0.4, -0.2) is 87.5 Å². The first-order chi connectivity index (χ1) is 17.1. The number of nitrogens with zero attached hydrogens (tertiary/aromatic N) is 5.